The molecule has 0 saturated heterocycles. The summed E-state index contributed by atoms with van der Waals surface area (Å²) < 4.78 is 4.43. The van der Waals surface area contributed by atoms with Crippen molar-refractivity contribution < 1.29 is 19.4 Å². The summed E-state index contributed by atoms with van der Waals surface area (Å²) in [7, 11) is 1.21. The smallest absolute Gasteiger partial charge is 0.330 e. The van der Waals surface area contributed by atoms with E-state index in [1.807, 2.05) is 0 Å². The molecule has 1 saturated carbocycles. The van der Waals surface area contributed by atoms with Crippen LogP contribution in [0.4, 0.5) is 4.79 Å². The molecule has 0 heterocycles. The van der Waals surface area contributed by atoms with E-state index < -0.39 is 24.6 Å². The number of carbonyl (C=O) groups excluding carboxylic acids is 2. The van der Waals surface area contributed by atoms with E-state index in [2.05, 4.69) is 15.4 Å². The van der Waals surface area contributed by atoms with Gasteiger partial charge in [-0.05, 0) is 12.8 Å². The normalized spacial score (nSPS) is 17.9. The van der Waals surface area contributed by atoms with Gasteiger partial charge < -0.3 is 20.5 Å². The van der Waals surface area contributed by atoms with Crippen LogP contribution in [0.25, 0.3) is 0 Å². The topological polar surface area (TPSA) is 87.7 Å². The lowest BCUT2D eigenvalue weighted by atomic mass is 10.2. The van der Waals surface area contributed by atoms with Crippen LogP contribution in [0.1, 0.15) is 25.7 Å². The highest BCUT2D eigenvalue weighted by Crippen LogP contribution is 2.17. The lowest BCUT2D eigenvalue weighted by molar-refractivity contribution is -0.143. The zero-order chi connectivity index (χ0) is 12.0. The lowest BCUT2D eigenvalue weighted by Crippen LogP contribution is -2.50. The molecule has 0 aliphatic heterocycles. The number of carbonyl (C=O) groups is 2. The van der Waals surface area contributed by atoms with Crippen LogP contribution in [0.15, 0.2) is 0 Å². The van der Waals surface area contributed by atoms with Gasteiger partial charge in [-0.25, -0.2) is 9.59 Å². The number of amides is 2. The number of nitrogens with one attached hydrogen (secondary N) is 2. The highest BCUT2D eigenvalue weighted by atomic mass is 16.5. The molecular weight excluding hydrogens is 212 g/mol. The molecule has 0 aromatic heterocycles. The van der Waals surface area contributed by atoms with E-state index in [1.165, 1.54) is 7.11 Å². The van der Waals surface area contributed by atoms with E-state index in [0.717, 1.165) is 25.7 Å². The second-order valence-corrected chi connectivity index (χ2v) is 3.86. The molecule has 1 aliphatic rings. The fraction of sp³-hybridized carbons (Fsp3) is 0.800. The maximum absolute atomic E-state index is 11.4. The van der Waals surface area contributed by atoms with Gasteiger partial charge in [-0.15, -0.1) is 0 Å². The first-order valence-electron chi connectivity index (χ1n) is 5.43. The highest BCUT2D eigenvalue weighted by molar-refractivity contribution is 5.83. The van der Waals surface area contributed by atoms with Crippen molar-refractivity contribution in [3.05, 3.63) is 0 Å². The van der Waals surface area contributed by atoms with Gasteiger partial charge in [-0.3, -0.25) is 0 Å². The van der Waals surface area contributed by atoms with Crippen LogP contribution < -0.4 is 10.6 Å². The van der Waals surface area contributed by atoms with Crippen LogP contribution in [0, 0.1) is 0 Å². The van der Waals surface area contributed by atoms with E-state index in [4.69, 9.17) is 5.11 Å². The van der Waals surface area contributed by atoms with Crippen molar-refractivity contribution in [3.63, 3.8) is 0 Å². The Kier molecular flexibility index (Phi) is 5.04. The van der Waals surface area contributed by atoms with Gasteiger partial charge in [-0.1, -0.05) is 12.8 Å². The summed E-state index contributed by atoms with van der Waals surface area (Å²) >= 11 is 0. The molecule has 0 aromatic rings. The van der Waals surface area contributed by atoms with Crippen LogP contribution in [0.2, 0.25) is 0 Å². The average Bonchev–Trinajstić information content (AvgIpc) is 2.77. The molecule has 1 unspecified atom stereocenters. The summed E-state index contributed by atoms with van der Waals surface area (Å²) in [6.07, 6.45) is 4.17. The maximum atomic E-state index is 11.4. The van der Waals surface area contributed by atoms with E-state index in [1.54, 1.807) is 0 Å². The van der Waals surface area contributed by atoms with E-state index >= 15 is 0 Å². The molecule has 16 heavy (non-hydrogen) atoms. The quantitative estimate of drug-likeness (QED) is 0.582. The molecule has 3 N–H and O–H groups in total. The molecule has 2 amide bonds. The Hall–Kier alpha value is -1.30. The van der Waals surface area contributed by atoms with E-state index in [0.29, 0.717) is 0 Å². The molecule has 1 aliphatic carbocycles. The molecule has 1 rings (SSSR count). The molecular formula is C10H18N2O4. The summed E-state index contributed by atoms with van der Waals surface area (Å²) in [5.41, 5.74) is 0. The lowest BCUT2D eigenvalue weighted by Gasteiger charge is -2.17. The molecule has 1 atom stereocenters. The Labute approximate surface area is 94.3 Å². The van der Waals surface area contributed by atoms with E-state index in [-0.39, 0.29) is 6.04 Å². The Balaban J connectivity index is 2.33. The Bertz CT molecular complexity index is 251. The standard InChI is InChI=1S/C10H18N2O4/c1-16-9(14)8(6-13)12-10(15)11-7-4-2-3-5-7/h7-8,13H,2-6H2,1H3,(H2,11,12,15). The van der Waals surface area contributed by atoms with Gasteiger partial charge in [0.1, 0.15) is 0 Å². The summed E-state index contributed by atoms with van der Waals surface area (Å²) in [6.45, 7) is -0.468. The third-order valence-corrected chi connectivity index (χ3v) is 2.66. The van der Waals surface area contributed by atoms with Gasteiger partial charge in [0.15, 0.2) is 6.04 Å². The zero-order valence-electron chi connectivity index (χ0n) is 9.36. The number of rotatable bonds is 4. The minimum atomic E-state index is -0.994. The minimum Gasteiger partial charge on any atom is -0.467 e. The van der Waals surface area contributed by atoms with Gasteiger partial charge in [0, 0.05) is 6.04 Å². The number of esters is 1. The van der Waals surface area contributed by atoms with Gasteiger partial charge in [0.25, 0.3) is 0 Å². The van der Waals surface area contributed by atoms with Gasteiger partial charge in [0.2, 0.25) is 0 Å². The zero-order valence-corrected chi connectivity index (χ0v) is 9.36. The molecule has 92 valence electrons. The number of ether oxygens (including phenoxy) is 1. The fourth-order valence-electron chi connectivity index (χ4n) is 1.78. The Morgan fingerprint density at radius 3 is 2.56 bits per heavy atom. The summed E-state index contributed by atoms with van der Waals surface area (Å²) in [5, 5.41) is 14.0. The van der Waals surface area contributed by atoms with Crippen LogP contribution in [0.5, 0.6) is 0 Å². The van der Waals surface area contributed by atoms with Crippen LogP contribution in [0.3, 0.4) is 0 Å². The number of aliphatic hydroxyl groups is 1. The second kappa shape index (κ2) is 6.32. The van der Waals surface area contributed by atoms with Crippen molar-refractivity contribution in [1.29, 1.82) is 0 Å². The van der Waals surface area contributed by atoms with Gasteiger partial charge >= 0.3 is 12.0 Å². The predicted octanol–water partition coefficient (Wildman–Crippen LogP) is -0.238. The first kappa shape index (κ1) is 12.8. The van der Waals surface area contributed by atoms with Crippen LogP contribution in [-0.2, 0) is 9.53 Å². The number of hydrogen-bond acceptors (Lipinski definition) is 4. The number of hydrogen-bond donors (Lipinski definition) is 3. The van der Waals surface area contributed by atoms with Gasteiger partial charge in [-0.2, -0.15) is 0 Å². The first-order valence-corrected chi connectivity index (χ1v) is 5.43. The highest BCUT2D eigenvalue weighted by Gasteiger charge is 2.22. The third kappa shape index (κ3) is 3.69. The Morgan fingerprint density at radius 2 is 2.06 bits per heavy atom. The second-order valence-electron chi connectivity index (χ2n) is 3.86. The fourth-order valence-corrected chi connectivity index (χ4v) is 1.78. The van der Waals surface area contributed by atoms with Gasteiger partial charge in [0.05, 0.1) is 13.7 Å². The Morgan fingerprint density at radius 1 is 1.44 bits per heavy atom. The van der Waals surface area contributed by atoms with Crippen molar-refractivity contribution >= 4 is 12.0 Å². The number of urea groups is 1. The first-order chi connectivity index (χ1) is 7.67. The maximum Gasteiger partial charge on any atom is 0.330 e. The van der Waals surface area contributed by atoms with E-state index in [9.17, 15) is 9.59 Å². The van der Waals surface area contributed by atoms with Crippen molar-refractivity contribution in [3.8, 4) is 0 Å². The summed E-state index contributed by atoms with van der Waals surface area (Å²) in [4.78, 5) is 22.5. The molecule has 1 fully saturated rings. The number of methoxy groups -OCH3 is 1. The van der Waals surface area contributed by atoms with Crippen LogP contribution >= 0.6 is 0 Å². The minimum absolute atomic E-state index is 0.178. The molecule has 6 nitrogen and oxygen atoms in total. The summed E-state index contributed by atoms with van der Waals surface area (Å²) in [6, 6.07) is -1.25. The predicted molar refractivity (Wildman–Crippen MR) is 56.8 cm³/mol. The molecule has 0 spiro atoms. The third-order valence-electron chi connectivity index (χ3n) is 2.66. The molecule has 0 aromatic carbocycles. The molecule has 6 heteroatoms. The molecule has 0 radical (unpaired) electrons. The number of aliphatic hydroxyl groups excluding tert-OH is 1. The monoisotopic (exact) mass is 230 g/mol. The van der Waals surface area contributed by atoms with Crippen molar-refractivity contribution in [2.45, 2.75) is 37.8 Å². The van der Waals surface area contributed by atoms with Crippen LogP contribution in [-0.4, -0.2) is 42.9 Å². The SMILES string of the molecule is COC(=O)C(CO)NC(=O)NC1CCCC1. The summed E-state index contributed by atoms with van der Waals surface area (Å²) in [5.74, 6) is -0.649. The molecule has 0 bridgehead atoms. The van der Waals surface area contributed by atoms with Crippen molar-refractivity contribution in [2.24, 2.45) is 0 Å². The van der Waals surface area contributed by atoms with Crippen molar-refractivity contribution in [1.82, 2.24) is 10.6 Å². The average molecular weight is 230 g/mol. The van der Waals surface area contributed by atoms with Crippen molar-refractivity contribution in [2.75, 3.05) is 13.7 Å². The largest absolute Gasteiger partial charge is 0.467 e.